The first-order valence-electron chi connectivity index (χ1n) is 6.49. The monoisotopic (exact) mass is 294 g/mol. The molecule has 0 aliphatic carbocycles. The lowest BCUT2D eigenvalue weighted by Crippen LogP contribution is -2.06. The molecule has 0 spiro atoms. The summed E-state index contributed by atoms with van der Waals surface area (Å²) in [6.45, 7) is 5.89. The van der Waals surface area contributed by atoms with Crippen LogP contribution in [0.15, 0.2) is 18.2 Å². The molecule has 1 atom stereocenters. The lowest BCUT2D eigenvalue weighted by molar-refractivity contribution is 0.189. The number of hydrogen-bond acceptors (Lipinski definition) is 3. The number of aromatic nitrogens is 2. The first-order valence-corrected chi connectivity index (χ1v) is 6.87. The molecule has 0 unspecified atom stereocenters. The highest BCUT2D eigenvalue weighted by Crippen LogP contribution is 2.28. The van der Waals surface area contributed by atoms with Gasteiger partial charge in [0, 0.05) is 12.6 Å². The Kier molecular flexibility index (Phi) is 4.35. The van der Waals surface area contributed by atoms with Gasteiger partial charge < -0.3 is 9.84 Å². The van der Waals surface area contributed by atoms with E-state index in [2.05, 4.69) is 5.10 Å². The van der Waals surface area contributed by atoms with Crippen LogP contribution in [0, 0.1) is 13.8 Å². The van der Waals surface area contributed by atoms with Gasteiger partial charge in [-0.2, -0.15) is 5.10 Å². The summed E-state index contributed by atoms with van der Waals surface area (Å²) in [6.07, 6.45) is -0.575. The number of nitrogens with zero attached hydrogens (tertiary/aromatic N) is 2. The second kappa shape index (κ2) is 5.85. The molecule has 1 N–H and O–H groups in total. The molecule has 0 fully saturated rings. The fourth-order valence-corrected chi connectivity index (χ4v) is 2.31. The Morgan fingerprint density at radius 3 is 2.65 bits per heavy atom. The fourth-order valence-electron chi connectivity index (χ4n) is 2.09. The van der Waals surface area contributed by atoms with Crippen LogP contribution in [0.3, 0.4) is 0 Å². The van der Waals surface area contributed by atoms with Crippen LogP contribution in [0.4, 0.5) is 0 Å². The average Bonchev–Trinajstić information content (AvgIpc) is 2.61. The summed E-state index contributed by atoms with van der Waals surface area (Å²) in [5.41, 5.74) is 3.46. The van der Waals surface area contributed by atoms with Gasteiger partial charge in [0.2, 0.25) is 0 Å². The van der Waals surface area contributed by atoms with Gasteiger partial charge in [0.1, 0.15) is 12.4 Å². The van der Waals surface area contributed by atoms with Crippen LogP contribution in [0.1, 0.15) is 35.5 Å². The maximum Gasteiger partial charge on any atom is 0.131 e. The molecule has 4 nitrogen and oxygen atoms in total. The third-order valence-electron chi connectivity index (χ3n) is 3.25. The van der Waals surface area contributed by atoms with Gasteiger partial charge in [-0.1, -0.05) is 23.7 Å². The molecule has 0 saturated carbocycles. The topological polar surface area (TPSA) is 47.3 Å². The number of aryl methyl sites for hydroxylation is 3. The maximum absolute atomic E-state index is 9.78. The van der Waals surface area contributed by atoms with Gasteiger partial charge in [0.05, 0.1) is 22.5 Å². The third kappa shape index (κ3) is 2.97. The summed E-state index contributed by atoms with van der Waals surface area (Å²) in [6, 6.07) is 5.75. The third-order valence-corrected chi connectivity index (χ3v) is 3.74. The SMILES string of the molecule is Cc1ccc([C@H](C)O)c(OCc2c(Cl)c(C)nn2C)c1. The van der Waals surface area contributed by atoms with Crippen LogP contribution >= 0.6 is 11.6 Å². The Hall–Kier alpha value is -1.52. The van der Waals surface area contributed by atoms with Crippen molar-refractivity contribution < 1.29 is 9.84 Å². The minimum Gasteiger partial charge on any atom is -0.487 e. The molecule has 0 aliphatic rings. The van der Waals surface area contributed by atoms with E-state index < -0.39 is 6.10 Å². The van der Waals surface area contributed by atoms with Gasteiger partial charge in [-0.25, -0.2) is 0 Å². The van der Waals surface area contributed by atoms with Gasteiger partial charge >= 0.3 is 0 Å². The van der Waals surface area contributed by atoms with Crippen LogP contribution in [0.5, 0.6) is 5.75 Å². The highest BCUT2D eigenvalue weighted by atomic mass is 35.5. The number of benzene rings is 1. The zero-order valence-corrected chi connectivity index (χ0v) is 12.9. The molecule has 1 heterocycles. The van der Waals surface area contributed by atoms with Gasteiger partial charge in [-0.05, 0) is 32.4 Å². The fraction of sp³-hybridized carbons (Fsp3) is 0.400. The largest absolute Gasteiger partial charge is 0.487 e. The van der Waals surface area contributed by atoms with E-state index in [9.17, 15) is 5.11 Å². The van der Waals surface area contributed by atoms with E-state index in [0.29, 0.717) is 17.4 Å². The Labute approximate surface area is 123 Å². The molecule has 0 amide bonds. The maximum atomic E-state index is 9.78. The van der Waals surface area contributed by atoms with Crippen molar-refractivity contribution >= 4 is 11.6 Å². The van der Waals surface area contributed by atoms with Gasteiger partial charge in [-0.3, -0.25) is 4.68 Å². The van der Waals surface area contributed by atoms with E-state index in [1.54, 1.807) is 11.6 Å². The first-order chi connectivity index (χ1) is 9.40. The van der Waals surface area contributed by atoms with Crippen molar-refractivity contribution in [3.63, 3.8) is 0 Å². The lowest BCUT2D eigenvalue weighted by atomic mass is 10.1. The standard InChI is InChI=1S/C15H19ClN2O2/c1-9-5-6-12(11(3)19)14(7-9)20-8-13-15(16)10(2)17-18(13)4/h5-7,11,19H,8H2,1-4H3/t11-/m0/s1. The molecule has 0 saturated heterocycles. The molecule has 1 aromatic heterocycles. The van der Waals surface area contributed by atoms with Crippen molar-refractivity contribution in [2.45, 2.75) is 33.5 Å². The van der Waals surface area contributed by atoms with Crippen molar-refractivity contribution in [2.75, 3.05) is 0 Å². The van der Waals surface area contributed by atoms with Crippen molar-refractivity contribution in [1.82, 2.24) is 9.78 Å². The Morgan fingerprint density at radius 1 is 1.40 bits per heavy atom. The van der Waals surface area contributed by atoms with Crippen LogP contribution < -0.4 is 4.74 Å². The number of aliphatic hydroxyl groups is 1. The molecular weight excluding hydrogens is 276 g/mol. The highest BCUT2D eigenvalue weighted by molar-refractivity contribution is 6.31. The van der Waals surface area contributed by atoms with E-state index in [-0.39, 0.29) is 0 Å². The van der Waals surface area contributed by atoms with E-state index in [4.69, 9.17) is 16.3 Å². The van der Waals surface area contributed by atoms with Crippen LogP contribution in [0.2, 0.25) is 5.02 Å². The van der Waals surface area contributed by atoms with Crippen molar-refractivity contribution in [3.8, 4) is 5.75 Å². The number of halogens is 1. The van der Waals surface area contributed by atoms with Crippen molar-refractivity contribution in [2.24, 2.45) is 7.05 Å². The Bertz CT molecular complexity index is 621. The second-order valence-corrected chi connectivity index (χ2v) is 5.35. The van der Waals surface area contributed by atoms with Gasteiger partial charge in [0.25, 0.3) is 0 Å². The Morgan fingerprint density at radius 2 is 2.10 bits per heavy atom. The van der Waals surface area contributed by atoms with Gasteiger partial charge in [0.15, 0.2) is 0 Å². The average molecular weight is 295 g/mol. The summed E-state index contributed by atoms with van der Waals surface area (Å²) < 4.78 is 7.55. The summed E-state index contributed by atoms with van der Waals surface area (Å²) in [7, 11) is 1.84. The zero-order valence-electron chi connectivity index (χ0n) is 12.1. The molecule has 2 rings (SSSR count). The predicted octanol–water partition coefficient (Wildman–Crippen LogP) is 3.32. The van der Waals surface area contributed by atoms with E-state index in [1.165, 1.54) is 0 Å². The van der Waals surface area contributed by atoms with Crippen LogP contribution in [-0.2, 0) is 13.7 Å². The molecular formula is C15H19ClN2O2. The lowest BCUT2D eigenvalue weighted by Gasteiger charge is -2.14. The molecule has 5 heteroatoms. The second-order valence-electron chi connectivity index (χ2n) is 4.98. The highest BCUT2D eigenvalue weighted by Gasteiger charge is 2.14. The number of hydrogen-bond donors (Lipinski definition) is 1. The van der Waals surface area contributed by atoms with Crippen molar-refractivity contribution in [3.05, 3.63) is 45.7 Å². The molecule has 0 bridgehead atoms. The first kappa shape index (κ1) is 14.9. The summed E-state index contributed by atoms with van der Waals surface area (Å²) >= 11 is 6.20. The summed E-state index contributed by atoms with van der Waals surface area (Å²) in [5.74, 6) is 0.676. The number of ether oxygens (including phenoxy) is 1. The molecule has 0 radical (unpaired) electrons. The molecule has 108 valence electrons. The van der Waals surface area contributed by atoms with E-state index in [1.807, 2.05) is 39.1 Å². The smallest absolute Gasteiger partial charge is 0.131 e. The summed E-state index contributed by atoms with van der Waals surface area (Å²) in [5, 5.41) is 14.7. The molecule has 1 aromatic carbocycles. The van der Waals surface area contributed by atoms with E-state index in [0.717, 1.165) is 22.5 Å². The quantitative estimate of drug-likeness (QED) is 0.941. The minimum atomic E-state index is -0.575. The predicted molar refractivity (Wildman–Crippen MR) is 79.1 cm³/mol. The van der Waals surface area contributed by atoms with Crippen molar-refractivity contribution in [1.29, 1.82) is 0 Å². The van der Waals surface area contributed by atoms with Crippen LogP contribution in [0.25, 0.3) is 0 Å². The Balaban J connectivity index is 2.24. The van der Waals surface area contributed by atoms with Gasteiger partial charge in [-0.15, -0.1) is 0 Å². The minimum absolute atomic E-state index is 0.319. The molecule has 0 aliphatic heterocycles. The number of aliphatic hydroxyl groups excluding tert-OH is 1. The van der Waals surface area contributed by atoms with E-state index >= 15 is 0 Å². The summed E-state index contributed by atoms with van der Waals surface area (Å²) in [4.78, 5) is 0. The zero-order chi connectivity index (χ0) is 14.9. The molecule has 20 heavy (non-hydrogen) atoms. The van der Waals surface area contributed by atoms with Crippen LogP contribution in [-0.4, -0.2) is 14.9 Å². The number of rotatable bonds is 4. The molecule has 2 aromatic rings. The normalized spacial score (nSPS) is 12.5.